The van der Waals surface area contributed by atoms with Gasteiger partial charge in [0.15, 0.2) is 0 Å². The van der Waals surface area contributed by atoms with Crippen LogP contribution >= 0.6 is 0 Å². The third kappa shape index (κ3) is 4.53. The Morgan fingerprint density at radius 1 is 1.53 bits per heavy atom. The van der Waals surface area contributed by atoms with E-state index in [1.165, 1.54) is 19.2 Å². The van der Waals surface area contributed by atoms with Crippen LogP contribution in [0.15, 0.2) is 24.3 Å². The van der Waals surface area contributed by atoms with Crippen LogP contribution in [-0.4, -0.2) is 19.6 Å². The lowest BCUT2D eigenvalue weighted by molar-refractivity contribution is -0.140. The van der Waals surface area contributed by atoms with E-state index in [1.807, 2.05) is 13.0 Å². The van der Waals surface area contributed by atoms with Gasteiger partial charge in [-0.2, -0.15) is 0 Å². The van der Waals surface area contributed by atoms with Crippen LogP contribution in [0, 0.1) is 5.82 Å². The number of esters is 1. The molecule has 17 heavy (non-hydrogen) atoms. The van der Waals surface area contributed by atoms with Crippen molar-refractivity contribution in [1.82, 2.24) is 5.32 Å². The Morgan fingerprint density at radius 2 is 2.29 bits per heavy atom. The molecule has 0 aromatic heterocycles. The normalized spacial score (nSPS) is 12.2. The standard InChI is InChI=1S/C13H18FNO2/c1-3-12(15-8-7-13(16)17-2)10-5-4-6-11(14)9-10/h4-6,9,12,15H,3,7-8H2,1-2H3. The van der Waals surface area contributed by atoms with Crippen LogP contribution in [0.1, 0.15) is 31.4 Å². The molecule has 94 valence electrons. The third-order valence-corrected chi connectivity index (χ3v) is 2.61. The van der Waals surface area contributed by atoms with Gasteiger partial charge in [-0.05, 0) is 24.1 Å². The van der Waals surface area contributed by atoms with Crippen molar-refractivity contribution in [3.05, 3.63) is 35.6 Å². The highest BCUT2D eigenvalue weighted by atomic mass is 19.1. The van der Waals surface area contributed by atoms with E-state index < -0.39 is 0 Å². The average Bonchev–Trinajstić information content (AvgIpc) is 2.34. The second kappa shape index (κ2) is 7.01. The molecule has 0 fully saturated rings. The summed E-state index contributed by atoms with van der Waals surface area (Å²) in [5, 5.41) is 3.21. The van der Waals surface area contributed by atoms with Crippen molar-refractivity contribution in [2.75, 3.05) is 13.7 Å². The van der Waals surface area contributed by atoms with Crippen LogP contribution in [-0.2, 0) is 9.53 Å². The first-order valence-corrected chi connectivity index (χ1v) is 5.73. The Kier molecular flexibility index (Phi) is 5.63. The zero-order valence-electron chi connectivity index (χ0n) is 10.2. The summed E-state index contributed by atoms with van der Waals surface area (Å²) in [4.78, 5) is 11.0. The Bertz CT molecular complexity index is 368. The number of hydrogen-bond donors (Lipinski definition) is 1. The minimum absolute atomic E-state index is 0.0651. The second-order valence-electron chi connectivity index (χ2n) is 3.80. The molecule has 1 aromatic carbocycles. The predicted molar refractivity (Wildman–Crippen MR) is 64.1 cm³/mol. The van der Waals surface area contributed by atoms with Crippen LogP contribution in [0.25, 0.3) is 0 Å². The quantitative estimate of drug-likeness (QED) is 0.775. The maximum atomic E-state index is 13.1. The molecule has 0 heterocycles. The third-order valence-electron chi connectivity index (χ3n) is 2.61. The number of benzene rings is 1. The van der Waals surface area contributed by atoms with E-state index in [9.17, 15) is 9.18 Å². The molecule has 1 unspecified atom stereocenters. The summed E-state index contributed by atoms with van der Waals surface area (Å²) in [6.07, 6.45) is 1.16. The Balaban J connectivity index is 2.51. The summed E-state index contributed by atoms with van der Waals surface area (Å²) in [6, 6.07) is 6.57. The lowest BCUT2D eigenvalue weighted by Gasteiger charge is -2.17. The highest BCUT2D eigenvalue weighted by Gasteiger charge is 2.10. The van der Waals surface area contributed by atoms with Crippen molar-refractivity contribution in [1.29, 1.82) is 0 Å². The van der Waals surface area contributed by atoms with E-state index in [2.05, 4.69) is 10.1 Å². The first kappa shape index (κ1) is 13.6. The van der Waals surface area contributed by atoms with Crippen LogP contribution in [0.3, 0.4) is 0 Å². The number of methoxy groups -OCH3 is 1. The van der Waals surface area contributed by atoms with E-state index in [-0.39, 0.29) is 17.8 Å². The largest absolute Gasteiger partial charge is 0.469 e. The van der Waals surface area contributed by atoms with Gasteiger partial charge in [-0.25, -0.2) is 4.39 Å². The summed E-state index contributed by atoms with van der Waals surface area (Å²) in [5.74, 6) is -0.484. The summed E-state index contributed by atoms with van der Waals surface area (Å²) >= 11 is 0. The molecular weight excluding hydrogens is 221 g/mol. The first-order chi connectivity index (χ1) is 8.17. The molecule has 0 aliphatic carbocycles. The predicted octanol–water partition coefficient (Wildman–Crippen LogP) is 2.43. The summed E-state index contributed by atoms with van der Waals surface area (Å²) < 4.78 is 17.6. The Hall–Kier alpha value is -1.42. The van der Waals surface area contributed by atoms with Gasteiger partial charge in [0, 0.05) is 12.6 Å². The molecule has 0 saturated heterocycles. The second-order valence-corrected chi connectivity index (χ2v) is 3.80. The number of rotatable bonds is 6. The first-order valence-electron chi connectivity index (χ1n) is 5.73. The molecule has 3 nitrogen and oxygen atoms in total. The van der Waals surface area contributed by atoms with E-state index in [1.54, 1.807) is 6.07 Å². The fourth-order valence-electron chi connectivity index (χ4n) is 1.67. The highest BCUT2D eigenvalue weighted by Crippen LogP contribution is 2.17. The van der Waals surface area contributed by atoms with Crippen LogP contribution in [0.4, 0.5) is 4.39 Å². The van der Waals surface area contributed by atoms with Crippen LogP contribution < -0.4 is 5.32 Å². The minimum atomic E-state index is -0.244. The van der Waals surface area contributed by atoms with Gasteiger partial charge in [0.1, 0.15) is 5.82 Å². The fraction of sp³-hybridized carbons (Fsp3) is 0.462. The monoisotopic (exact) mass is 239 g/mol. The van der Waals surface area contributed by atoms with Gasteiger partial charge in [-0.1, -0.05) is 19.1 Å². The molecule has 1 atom stereocenters. The molecule has 0 amide bonds. The molecule has 0 radical (unpaired) electrons. The van der Waals surface area contributed by atoms with Crippen molar-refractivity contribution in [2.45, 2.75) is 25.8 Å². The van der Waals surface area contributed by atoms with Crippen LogP contribution in [0.5, 0.6) is 0 Å². The topological polar surface area (TPSA) is 38.3 Å². The number of carbonyl (C=O) groups is 1. The molecule has 0 bridgehead atoms. The molecule has 1 N–H and O–H groups in total. The molecule has 4 heteroatoms. The van der Waals surface area contributed by atoms with E-state index in [0.29, 0.717) is 13.0 Å². The Morgan fingerprint density at radius 3 is 2.88 bits per heavy atom. The van der Waals surface area contributed by atoms with Crippen molar-refractivity contribution in [2.24, 2.45) is 0 Å². The van der Waals surface area contributed by atoms with E-state index in [4.69, 9.17) is 0 Å². The lowest BCUT2D eigenvalue weighted by atomic mass is 10.0. The summed E-state index contributed by atoms with van der Waals surface area (Å²) in [6.45, 7) is 2.54. The van der Waals surface area contributed by atoms with Gasteiger partial charge < -0.3 is 10.1 Å². The fourth-order valence-corrected chi connectivity index (χ4v) is 1.67. The SMILES string of the molecule is CCC(NCCC(=O)OC)c1cccc(F)c1. The van der Waals surface area contributed by atoms with Gasteiger partial charge in [-0.3, -0.25) is 4.79 Å². The van der Waals surface area contributed by atoms with Crippen molar-refractivity contribution in [3.63, 3.8) is 0 Å². The van der Waals surface area contributed by atoms with Crippen molar-refractivity contribution in [3.8, 4) is 0 Å². The molecule has 0 spiro atoms. The number of carbonyl (C=O) groups excluding carboxylic acids is 1. The molecule has 0 aliphatic rings. The maximum absolute atomic E-state index is 13.1. The summed E-state index contributed by atoms with van der Waals surface area (Å²) in [5.41, 5.74) is 0.900. The molecule has 1 rings (SSSR count). The van der Waals surface area contributed by atoms with Gasteiger partial charge >= 0.3 is 5.97 Å². The number of ether oxygens (including phenoxy) is 1. The maximum Gasteiger partial charge on any atom is 0.306 e. The van der Waals surface area contributed by atoms with Gasteiger partial charge in [0.25, 0.3) is 0 Å². The van der Waals surface area contributed by atoms with Gasteiger partial charge in [0.05, 0.1) is 13.5 Å². The molecule has 1 aromatic rings. The number of hydrogen-bond acceptors (Lipinski definition) is 3. The van der Waals surface area contributed by atoms with Crippen molar-refractivity contribution >= 4 is 5.97 Å². The lowest BCUT2D eigenvalue weighted by Crippen LogP contribution is -2.24. The van der Waals surface area contributed by atoms with Crippen LogP contribution in [0.2, 0.25) is 0 Å². The van der Waals surface area contributed by atoms with Gasteiger partial charge in [-0.15, -0.1) is 0 Å². The number of halogens is 1. The molecule has 0 aliphatic heterocycles. The number of nitrogens with one attached hydrogen (secondary N) is 1. The molecular formula is C13H18FNO2. The van der Waals surface area contributed by atoms with Gasteiger partial charge in [0.2, 0.25) is 0 Å². The Labute approximate surface area is 101 Å². The summed E-state index contributed by atoms with van der Waals surface area (Å²) in [7, 11) is 1.37. The minimum Gasteiger partial charge on any atom is -0.469 e. The molecule has 0 saturated carbocycles. The average molecular weight is 239 g/mol. The highest BCUT2D eigenvalue weighted by molar-refractivity contribution is 5.69. The zero-order valence-corrected chi connectivity index (χ0v) is 10.2. The van der Waals surface area contributed by atoms with Crippen molar-refractivity contribution < 1.29 is 13.9 Å². The zero-order chi connectivity index (χ0) is 12.7. The smallest absolute Gasteiger partial charge is 0.306 e. The van der Waals surface area contributed by atoms with E-state index >= 15 is 0 Å². The van der Waals surface area contributed by atoms with E-state index in [0.717, 1.165) is 12.0 Å².